The third kappa shape index (κ3) is 4.24. The van der Waals surface area contributed by atoms with Crippen LogP contribution in [0.2, 0.25) is 0 Å². The van der Waals surface area contributed by atoms with E-state index in [4.69, 9.17) is 4.74 Å². The quantitative estimate of drug-likeness (QED) is 0.767. The number of ether oxygens (including phenoxy) is 1. The molecule has 2 amide bonds. The molecule has 0 spiro atoms. The topological polar surface area (TPSA) is 67.4 Å². The molecule has 2 aliphatic rings. The summed E-state index contributed by atoms with van der Waals surface area (Å²) in [5, 5.41) is 5.24. The Morgan fingerprint density at radius 2 is 1.77 bits per heavy atom. The van der Waals surface area contributed by atoms with Crippen molar-refractivity contribution in [3.63, 3.8) is 0 Å². The zero-order chi connectivity index (χ0) is 16.1. The molecule has 2 rings (SSSR count). The normalized spacial score (nSPS) is 29.5. The summed E-state index contributed by atoms with van der Waals surface area (Å²) in [6.07, 6.45) is 8.70. The first kappa shape index (κ1) is 16.8. The molecule has 0 unspecified atom stereocenters. The van der Waals surface area contributed by atoms with Crippen LogP contribution >= 0.6 is 0 Å². The van der Waals surface area contributed by atoms with Crippen molar-refractivity contribution in [2.24, 2.45) is 23.7 Å². The van der Waals surface area contributed by atoms with E-state index in [0.29, 0.717) is 24.4 Å². The molecule has 5 heteroatoms. The zero-order valence-electron chi connectivity index (χ0n) is 13.8. The Kier molecular flexibility index (Phi) is 5.86. The van der Waals surface area contributed by atoms with E-state index in [-0.39, 0.29) is 11.8 Å². The molecule has 1 fully saturated rings. The summed E-state index contributed by atoms with van der Waals surface area (Å²) in [4.78, 5) is 23.7. The molecule has 2 aliphatic carbocycles. The number of hydrogen-bond donors (Lipinski definition) is 2. The Morgan fingerprint density at radius 1 is 1.18 bits per heavy atom. The van der Waals surface area contributed by atoms with Gasteiger partial charge in [-0.2, -0.15) is 0 Å². The molecule has 0 heterocycles. The van der Waals surface area contributed by atoms with Gasteiger partial charge in [-0.15, -0.1) is 0 Å². The fourth-order valence-corrected chi connectivity index (χ4v) is 3.47. The molecule has 2 N–H and O–H groups in total. The summed E-state index contributed by atoms with van der Waals surface area (Å²) in [5.41, 5.74) is 0. The molecule has 0 aromatic heterocycles. The summed E-state index contributed by atoms with van der Waals surface area (Å²) in [6, 6.07) is -0.547. The van der Waals surface area contributed by atoms with E-state index in [2.05, 4.69) is 22.8 Å². The van der Waals surface area contributed by atoms with Crippen LogP contribution in [-0.4, -0.2) is 31.7 Å². The first-order valence-electron chi connectivity index (χ1n) is 8.34. The maximum absolute atomic E-state index is 11.9. The van der Waals surface area contributed by atoms with Crippen molar-refractivity contribution in [1.82, 2.24) is 10.6 Å². The van der Waals surface area contributed by atoms with Crippen LogP contribution in [0.3, 0.4) is 0 Å². The number of rotatable bonds is 5. The van der Waals surface area contributed by atoms with Gasteiger partial charge in [0.05, 0.1) is 6.61 Å². The summed E-state index contributed by atoms with van der Waals surface area (Å²) >= 11 is 0. The van der Waals surface area contributed by atoms with Crippen LogP contribution in [0, 0.1) is 23.7 Å². The second-order valence-corrected chi connectivity index (χ2v) is 6.70. The minimum Gasteiger partial charge on any atom is -0.449 e. The van der Waals surface area contributed by atoms with Crippen LogP contribution in [0.1, 0.15) is 39.5 Å². The second kappa shape index (κ2) is 7.65. The predicted molar refractivity (Wildman–Crippen MR) is 85.3 cm³/mol. The van der Waals surface area contributed by atoms with Gasteiger partial charge in [0.25, 0.3) is 0 Å². The number of likely N-dealkylation sites (N-methyl/N-ethyl adjacent to an activating group) is 1. The van der Waals surface area contributed by atoms with E-state index < -0.39 is 12.1 Å². The molecule has 124 valence electrons. The number of nitrogens with one attached hydrogen (secondary N) is 2. The number of fused-ring (bicyclic) bond motifs is 1. The van der Waals surface area contributed by atoms with E-state index in [0.717, 1.165) is 12.8 Å². The van der Waals surface area contributed by atoms with E-state index in [1.54, 1.807) is 7.05 Å². The lowest BCUT2D eigenvalue weighted by molar-refractivity contribution is -0.123. The Hall–Kier alpha value is -1.52. The lowest BCUT2D eigenvalue weighted by atomic mass is 10.0. The number of allylic oxidation sites excluding steroid dienone is 2. The van der Waals surface area contributed by atoms with Gasteiger partial charge in [0.2, 0.25) is 5.91 Å². The molecule has 4 atom stereocenters. The molecular formula is C17H28N2O3. The minimum absolute atomic E-state index is 0.0223. The maximum Gasteiger partial charge on any atom is 0.407 e. The first-order chi connectivity index (χ1) is 10.5. The van der Waals surface area contributed by atoms with Crippen LogP contribution < -0.4 is 10.6 Å². The molecule has 0 aromatic carbocycles. The third-order valence-electron chi connectivity index (χ3n) is 4.88. The van der Waals surface area contributed by atoms with Crippen molar-refractivity contribution < 1.29 is 14.3 Å². The van der Waals surface area contributed by atoms with E-state index in [1.165, 1.54) is 12.8 Å². The molecule has 0 aromatic rings. The van der Waals surface area contributed by atoms with Gasteiger partial charge in [0.15, 0.2) is 0 Å². The molecule has 0 aliphatic heterocycles. The minimum atomic E-state index is -0.547. The monoisotopic (exact) mass is 308 g/mol. The molecule has 22 heavy (non-hydrogen) atoms. The lowest BCUT2D eigenvalue weighted by Gasteiger charge is -2.20. The SMILES string of the molecule is CNC(=O)[C@@H](NC(=O)OC[C@H]1[C@@H]2CC/C=C\CC[C@@H]21)C(C)C. The van der Waals surface area contributed by atoms with Gasteiger partial charge in [0, 0.05) is 7.05 Å². The van der Waals surface area contributed by atoms with Crippen LogP contribution in [0.25, 0.3) is 0 Å². The maximum atomic E-state index is 11.9. The summed E-state index contributed by atoms with van der Waals surface area (Å²) in [6.45, 7) is 4.27. The van der Waals surface area contributed by atoms with Crippen LogP contribution in [0.5, 0.6) is 0 Å². The van der Waals surface area contributed by atoms with Gasteiger partial charge in [-0.25, -0.2) is 4.79 Å². The van der Waals surface area contributed by atoms with Gasteiger partial charge in [-0.05, 0) is 49.4 Å². The smallest absolute Gasteiger partial charge is 0.407 e. The van der Waals surface area contributed by atoms with E-state index >= 15 is 0 Å². The highest BCUT2D eigenvalue weighted by Crippen LogP contribution is 2.52. The zero-order valence-corrected chi connectivity index (χ0v) is 13.8. The van der Waals surface area contributed by atoms with Crippen molar-refractivity contribution in [2.45, 2.75) is 45.6 Å². The second-order valence-electron chi connectivity index (χ2n) is 6.70. The average molecular weight is 308 g/mol. The Bertz CT molecular complexity index is 418. The molecule has 1 saturated carbocycles. The fraction of sp³-hybridized carbons (Fsp3) is 0.765. The Balaban J connectivity index is 1.75. The Labute approximate surface area is 132 Å². The lowest BCUT2D eigenvalue weighted by Crippen LogP contribution is -2.49. The standard InChI is InChI=1S/C17H28N2O3/c1-11(2)15(16(20)18-3)19-17(21)22-10-14-12-8-6-4-5-7-9-13(12)14/h4-5,11-15H,6-10H2,1-3H3,(H,18,20)(H,19,21)/b5-4-/t12-,13+,14+,15-/m0/s1. The van der Waals surface area contributed by atoms with Gasteiger partial charge < -0.3 is 15.4 Å². The van der Waals surface area contributed by atoms with Crippen molar-refractivity contribution in [2.75, 3.05) is 13.7 Å². The fourth-order valence-electron chi connectivity index (χ4n) is 3.47. The Morgan fingerprint density at radius 3 is 2.27 bits per heavy atom. The van der Waals surface area contributed by atoms with Gasteiger partial charge in [-0.3, -0.25) is 4.79 Å². The number of carbonyl (C=O) groups is 2. The van der Waals surface area contributed by atoms with Gasteiger partial charge >= 0.3 is 6.09 Å². The van der Waals surface area contributed by atoms with Crippen LogP contribution in [0.15, 0.2) is 12.2 Å². The summed E-state index contributed by atoms with van der Waals surface area (Å²) < 4.78 is 5.36. The number of amides is 2. The number of hydrogen-bond acceptors (Lipinski definition) is 3. The largest absolute Gasteiger partial charge is 0.449 e. The molecule has 0 bridgehead atoms. The summed E-state index contributed by atoms with van der Waals surface area (Å²) in [5.74, 6) is 1.75. The van der Waals surface area contributed by atoms with Crippen LogP contribution in [-0.2, 0) is 9.53 Å². The van der Waals surface area contributed by atoms with Crippen molar-refractivity contribution in [3.8, 4) is 0 Å². The highest BCUT2D eigenvalue weighted by Gasteiger charge is 2.49. The third-order valence-corrected chi connectivity index (χ3v) is 4.88. The van der Waals surface area contributed by atoms with E-state index in [1.807, 2.05) is 13.8 Å². The molecule has 0 saturated heterocycles. The average Bonchev–Trinajstić information content (AvgIpc) is 3.11. The first-order valence-corrected chi connectivity index (χ1v) is 8.34. The van der Waals surface area contributed by atoms with Crippen molar-refractivity contribution >= 4 is 12.0 Å². The molecule has 0 radical (unpaired) electrons. The van der Waals surface area contributed by atoms with E-state index in [9.17, 15) is 9.59 Å². The predicted octanol–water partition coefficient (Wildman–Crippen LogP) is 2.48. The van der Waals surface area contributed by atoms with Crippen molar-refractivity contribution in [1.29, 1.82) is 0 Å². The summed E-state index contributed by atoms with van der Waals surface area (Å²) in [7, 11) is 1.57. The van der Waals surface area contributed by atoms with Gasteiger partial charge in [-0.1, -0.05) is 26.0 Å². The van der Waals surface area contributed by atoms with Crippen molar-refractivity contribution in [3.05, 3.63) is 12.2 Å². The van der Waals surface area contributed by atoms with Gasteiger partial charge in [0.1, 0.15) is 6.04 Å². The highest BCUT2D eigenvalue weighted by molar-refractivity contribution is 5.85. The molecule has 5 nitrogen and oxygen atoms in total. The molecular weight excluding hydrogens is 280 g/mol. The van der Waals surface area contributed by atoms with Crippen LogP contribution in [0.4, 0.5) is 4.79 Å². The number of alkyl carbamates (subject to hydrolysis) is 1. The number of carbonyl (C=O) groups excluding carboxylic acids is 2. The highest BCUT2D eigenvalue weighted by atomic mass is 16.5.